The Morgan fingerprint density at radius 1 is 1.35 bits per heavy atom. The van der Waals surface area contributed by atoms with E-state index in [0.717, 1.165) is 20.6 Å². The van der Waals surface area contributed by atoms with Crippen molar-refractivity contribution in [2.24, 2.45) is 5.73 Å². The molecule has 2 N–H and O–H groups in total. The van der Waals surface area contributed by atoms with Gasteiger partial charge in [0.1, 0.15) is 5.03 Å². The number of halogens is 1. The van der Waals surface area contributed by atoms with Crippen molar-refractivity contribution in [1.82, 2.24) is 4.98 Å². The summed E-state index contributed by atoms with van der Waals surface area (Å²) >= 11 is 5.20. The fourth-order valence-corrected chi connectivity index (χ4v) is 2.84. The molecule has 88 valence electrons. The first-order valence-corrected chi connectivity index (χ1v) is 6.89. The lowest BCUT2D eigenvalue weighted by Crippen LogP contribution is -1.98. The molecule has 1 aromatic heterocycles. The Labute approximate surface area is 114 Å². The molecule has 2 rings (SSSR count). The molecular formula is C13H13BrN2S. The Morgan fingerprint density at radius 3 is 2.76 bits per heavy atom. The smallest absolute Gasteiger partial charge is 0.104 e. The molecule has 2 aromatic rings. The van der Waals surface area contributed by atoms with Crippen LogP contribution in [0, 0.1) is 6.92 Å². The molecule has 0 radical (unpaired) electrons. The van der Waals surface area contributed by atoms with Crippen molar-refractivity contribution < 1.29 is 0 Å². The van der Waals surface area contributed by atoms with Crippen LogP contribution in [-0.2, 0) is 6.54 Å². The lowest BCUT2D eigenvalue weighted by atomic mass is 10.2. The molecular weight excluding hydrogens is 296 g/mol. The fraction of sp³-hybridized carbons (Fsp3) is 0.154. The van der Waals surface area contributed by atoms with Crippen LogP contribution in [0.2, 0.25) is 0 Å². The maximum atomic E-state index is 5.59. The average molecular weight is 309 g/mol. The first kappa shape index (κ1) is 12.6. The summed E-state index contributed by atoms with van der Waals surface area (Å²) in [4.78, 5) is 5.62. The van der Waals surface area contributed by atoms with Crippen LogP contribution in [0.4, 0.5) is 0 Å². The summed E-state index contributed by atoms with van der Waals surface area (Å²) in [5.74, 6) is 0. The van der Waals surface area contributed by atoms with Crippen molar-refractivity contribution >= 4 is 27.7 Å². The van der Waals surface area contributed by atoms with E-state index in [1.807, 2.05) is 24.4 Å². The van der Waals surface area contributed by atoms with Gasteiger partial charge in [-0.25, -0.2) is 4.98 Å². The van der Waals surface area contributed by atoms with Gasteiger partial charge in [0.25, 0.3) is 0 Å². The molecule has 0 aliphatic carbocycles. The van der Waals surface area contributed by atoms with Crippen LogP contribution in [0.1, 0.15) is 11.1 Å². The van der Waals surface area contributed by atoms with Crippen LogP contribution in [0.15, 0.2) is 50.9 Å². The number of nitrogens with zero attached hydrogens (tertiary/aromatic N) is 1. The third-order valence-corrected chi connectivity index (χ3v) is 4.52. The number of aryl methyl sites for hydroxylation is 1. The summed E-state index contributed by atoms with van der Waals surface area (Å²) in [7, 11) is 0. The van der Waals surface area contributed by atoms with Crippen LogP contribution >= 0.6 is 27.7 Å². The third-order valence-electron chi connectivity index (χ3n) is 2.37. The van der Waals surface area contributed by atoms with Crippen molar-refractivity contribution in [3.8, 4) is 0 Å². The molecule has 4 heteroatoms. The van der Waals surface area contributed by atoms with Gasteiger partial charge >= 0.3 is 0 Å². The number of aromatic nitrogens is 1. The normalized spacial score (nSPS) is 10.5. The van der Waals surface area contributed by atoms with Crippen molar-refractivity contribution in [3.05, 3.63) is 52.1 Å². The minimum Gasteiger partial charge on any atom is -0.326 e. The fourth-order valence-electron chi connectivity index (χ4n) is 1.47. The summed E-state index contributed by atoms with van der Waals surface area (Å²) in [6, 6.07) is 10.2. The Hall–Kier alpha value is -0.840. The quantitative estimate of drug-likeness (QED) is 0.938. The van der Waals surface area contributed by atoms with Crippen LogP contribution in [0.3, 0.4) is 0 Å². The van der Waals surface area contributed by atoms with Crippen molar-refractivity contribution in [3.63, 3.8) is 0 Å². The maximum absolute atomic E-state index is 5.59. The van der Waals surface area contributed by atoms with Gasteiger partial charge in [0.15, 0.2) is 0 Å². The van der Waals surface area contributed by atoms with Crippen LogP contribution < -0.4 is 5.73 Å². The Balaban J connectivity index is 2.28. The van der Waals surface area contributed by atoms with E-state index in [-0.39, 0.29) is 0 Å². The van der Waals surface area contributed by atoms with Gasteiger partial charge in [-0.3, -0.25) is 0 Å². The first-order valence-electron chi connectivity index (χ1n) is 5.28. The van der Waals surface area contributed by atoms with Crippen molar-refractivity contribution in [2.45, 2.75) is 23.4 Å². The highest BCUT2D eigenvalue weighted by atomic mass is 79.9. The summed E-state index contributed by atoms with van der Waals surface area (Å²) in [6.07, 6.45) is 1.84. The standard InChI is InChI=1S/C13H13BrN2S/c1-9-6-10(7-15)8-16-13(9)17-12-5-3-2-4-11(12)14/h2-6,8H,7,15H2,1H3. The second-order valence-electron chi connectivity index (χ2n) is 3.70. The molecule has 0 aliphatic heterocycles. The minimum atomic E-state index is 0.536. The largest absolute Gasteiger partial charge is 0.326 e. The van der Waals surface area contributed by atoms with Crippen molar-refractivity contribution in [1.29, 1.82) is 0 Å². The van der Waals surface area contributed by atoms with Crippen LogP contribution in [0.5, 0.6) is 0 Å². The number of pyridine rings is 1. The number of nitrogens with two attached hydrogens (primary N) is 1. The third kappa shape index (κ3) is 3.09. The predicted octanol–water partition coefficient (Wildman–Crippen LogP) is 3.76. The van der Waals surface area contributed by atoms with E-state index < -0.39 is 0 Å². The van der Waals surface area contributed by atoms with Crippen molar-refractivity contribution in [2.75, 3.05) is 0 Å². The average Bonchev–Trinajstić information content (AvgIpc) is 2.34. The van der Waals surface area contributed by atoms with Gasteiger partial charge < -0.3 is 5.73 Å². The second kappa shape index (κ2) is 5.67. The molecule has 2 nitrogen and oxygen atoms in total. The van der Waals surface area contributed by atoms with Gasteiger partial charge in [0.05, 0.1) is 0 Å². The minimum absolute atomic E-state index is 0.536. The van der Waals surface area contributed by atoms with Gasteiger partial charge in [-0.05, 0) is 46.1 Å². The highest BCUT2D eigenvalue weighted by Crippen LogP contribution is 2.33. The topological polar surface area (TPSA) is 38.9 Å². The highest BCUT2D eigenvalue weighted by molar-refractivity contribution is 9.10. The molecule has 0 saturated carbocycles. The molecule has 0 amide bonds. The summed E-state index contributed by atoms with van der Waals surface area (Å²) < 4.78 is 1.09. The van der Waals surface area contributed by atoms with Gasteiger partial charge in [-0.2, -0.15) is 0 Å². The number of benzene rings is 1. The molecule has 0 bridgehead atoms. The molecule has 0 fully saturated rings. The second-order valence-corrected chi connectivity index (χ2v) is 5.59. The van der Waals surface area contributed by atoms with E-state index in [0.29, 0.717) is 6.54 Å². The molecule has 0 atom stereocenters. The predicted molar refractivity (Wildman–Crippen MR) is 75.1 cm³/mol. The van der Waals surface area contributed by atoms with Crippen LogP contribution in [0.25, 0.3) is 0 Å². The van der Waals surface area contributed by atoms with E-state index in [9.17, 15) is 0 Å². The molecule has 17 heavy (non-hydrogen) atoms. The van der Waals surface area contributed by atoms with Gasteiger partial charge in [0, 0.05) is 22.1 Å². The number of hydrogen-bond donors (Lipinski definition) is 1. The zero-order valence-electron chi connectivity index (χ0n) is 9.48. The van der Waals surface area contributed by atoms with Gasteiger partial charge in [-0.1, -0.05) is 30.0 Å². The summed E-state index contributed by atoms with van der Waals surface area (Å²) in [6.45, 7) is 2.60. The Kier molecular flexibility index (Phi) is 4.20. The first-order chi connectivity index (χ1) is 8.20. The molecule has 0 aliphatic rings. The van der Waals surface area contributed by atoms with Gasteiger partial charge in [-0.15, -0.1) is 0 Å². The summed E-state index contributed by atoms with van der Waals surface area (Å²) in [5, 5.41) is 1.02. The van der Waals surface area contributed by atoms with E-state index >= 15 is 0 Å². The Morgan fingerprint density at radius 2 is 2.12 bits per heavy atom. The van der Waals surface area contributed by atoms with E-state index in [2.05, 4.69) is 40.0 Å². The monoisotopic (exact) mass is 308 g/mol. The SMILES string of the molecule is Cc1cc(CN)cnc1Sc1ccccc1Br. The molecule has 1 aromatic carbocycles. The van der Waals surface area contributed by atoms with E-state index in [4.69, 9.17) is 5.73 Å². The van der Waals surface area contributed by atoms with Gasteiger partial charge in [0.2, 0.25) is 0 Å². The lowest BCUT2D eigenvalue weighted by Gasteiger charge is -2.07. The zero-order valence-corrected chi connectivity index (χ0v) is 11.9. The molecule has 1 heterocycles. The number of rotatable bonds is 3. The van der Waals surface area contributed by atoms with E-state index in [1.165, 1.54) is 4.90 Å². The molecule has 0 spiro atoms. The maximum Gasteiger partial charge on any atom is 0.104 e. The van der Waals surface area contributed by atoms with E-state index in [1.54, 1.807) is 11.8 Å². The Bertz CT molecular complexity index is 529. The molecule has 0 unspecified atom stereocenters. The summed E-state index contributed by atoms with van der Waals surface area (Å²) in [5.41, 5.74) is 7.82. The highest BCUT2D eigenvalue weighted by Gasteiger charge is 2.06. The lowest BCUT2D eigenvalue weighted by molar-refractivity contribution is 0.988. The zero-order chi connectivity index (χ0) is 12.3. The number of hydrogen-bond acceptors (Lipinski definition) is 3. The molecule has 0 saturated heterocycles. The van der Waals surface area contributed by atoms with Crippen LogP contribution in [-0.4, -0.2) is 4.98 Å².